The van der Waals surface area contributed by atoms with Gasteiger partial charge in [0.2, 0.25) is 5.91 Å². The van der Waals surface area contributed by atoms with Crippen LogP contribution < -0.4 is 10.6 Å². The molecule has 0 aromatic carbocycles. The maximum Gasteiger partial charge on any atom is 0.326 e. The van der Waals surface area contributed by atoms with Gasteiger partial charge in [0.15, 0.2) is 0 Å². The standard InChI is InChI=1S/C14H23N3O3/c1-14(2,3)16-8-6-12(18)17-11(13(19)20)9-10-5-4-7-15-10/h4-5,7,11,15-16H,6,8-9H2,1-3H3,(H,17,18)(H,19,20)/t11-/m0/s1. The number of carboxylic acids is 1. The highest BCUT2D eigenvalue weighted by molar-refractivity contribution is 5.83. The lowest BCUT2D eigenvalue weighted by atomic mass is 10.1. The Morgan fingerprint density at radius 2 is 2.10 bits per heavy atom. The van der Waals surface area contributed by atoms with E-state index in [2.05, 4.69) is 15.6 Å². The maximum atomic E-state index is 11.7. The third-order valence-corrected chi connectivity index (χ3v) is 2.73. The van der Waals surface area contributed by atoms with E-state index in [0.29, 0.717) is 6.54 Å². The van der Waals surface area contributed by atoms with Gasteiger partial charge in [-0.15, -0.1) is 0 Å². The summed E-state index contributed by atoms with van der Waals surface area (Å²) < 4.78 is 0. The van der Waals surface area contributed by atoms with Crippen LogP contribution in [0.25, 0.3) is 0 Å². The molecular formula is C14H23N3O3. The molecule has 0 aliphatic rings. The van der Waals surface area contributed by atoms with E-state index >= 15 is 0 Å². The number of carbonyl (C=O) groups is 2. The van der Waals surface area contributed by atoms with Crippen molar-refractivity contribution in [2.24, 2.45) is 0 Å². The molecule has 0 saturated heterocycles. The zero-order chi connectivity index (χ0) is 15.2. The smallest absolute Gasteiger partial charge is 0.326 e. The van der Waals surface area contributed by atoms with E-state index in [9.17, 15) is 9.59 Å². The topological polar surface area (TPSA) is 94.2 Å². The van der Waals surface area contributed by atoms with Crippen LogP contribution in [0.3, 0.4) is 0 Å². The molecule has 0 saturated carbocycles. The number of H-pyrrole nitrogens is 1. The van der Waals surface area contributed by atoms with E-state index in [4.69, 9.17) is 5.11 Å². The maximum absolute atomic E-state index is 11.7. The fourth-order valence-electron chi connectivity index (χ4n) is 1.73. The minimum atomic E-state index is -1.03. The second-order valence-corrected chi connectivity index (χ2v) is 5.78. The summed E-state index contributed by atoms with van der Waals surface area (Å²) >= 11 is 0. The second kappa shape index (κ2) is 7.09. The van der Waals surface area contributed by atoms with Crippen LogP contribution in [-0.4, -0.2) is 40.1 Å². The Morgan fingerprint density at radius 1 is 1.40 bits per heavy atom. The first-order valence-corrected chi connectivity index (χ1v) is 6.67. The molecule has 4 N–H and O–H groups in total. The van der Waals surface area contributed by atoms with Crippen LogP contribution in [0.15, 0.2) is 18.3 Å². The van der Waals surface area contributed by atoms with Gasteiger partial charge in [-0.2, -0.15) is 0 Å². The van der Waals surface area contributed by atoms with Gasteiger partial charge in [0.25, 0.3) is 0 Å². The Bertz CT molecular complexity index is 435. The molecule has 20 heavy (non-hydrogen) atoms. The Morgan fingerprint density at radius 3 is 2.60 bits per heavy atom. The van der Waals surface area contributed by atoms with Crippen molar-refractivity contribution >= 4 is 11.9 Å². The number of aromatic nitrogens is 1. The van der Waals surface area contributed by atoms with Gasteiger partial charge in [-0.3, -0.25) is 4.79 Å². The zero-order valence-electron chi connectivity index (χ0n) is 12.2. The van der Waals surface area contributed by atoms with Gasteiger partial charge in [-0.05, 0) is 32.9 Å². The van der Waals surface area contributed by atoms with E-state index in [0.717, 1.165) is 5.69 Å². The van der Waals surface area contributed by atoms with Crippen LogP contribution >= 0.6 is 0 Å². The number of hydrogen-bond donors (Lipinski definition) is 4. The van der Waals surface area contributed by atoms with Crippen molar-refractivity contribution in [3.05, 3.63) is 24.0 Å². The number of nitrogens with one attached hydrogen (secondary N) is 3. The van der Waals surface area contributed by atoms with Crippen LogP contribution in [0.1, 0.15) is 32.9 Å². The van der Waals surface area contributed by atoms with Gasteiger partial charge < -0.3 is 20.7 Å². The first-order chi connectivity index (χ1) is 9.28. The van der Waals surface area contributed by atoms with Crippen molar-refractivity contribution in [1.29, 1.82) is 0 Å². The van der Waals surface area contributed by atoms with Crippen molar-refractivity contribution in [2.45, 2.75) is 45.2 Å². The number of rotatable bonds is 7. The molecule has 0 fully saturated rings. The summed E-state index contributed by atoms with van der Waals surface area (Å²) in [4.78, 5) is 25.8. The van der Waals surface area contributed by atoms with E-state index in [1.54, 1.807) is 18.3 Å². The SMILES string of the molecule is CC(C)(C)NCCC(=O)N[C@@H](Cc1ccc[nH]1)C(=O)O. The van der Waals surface area contributed by atoms with Crippen LogP contribution in [0.5, 0.6) is 0 Å². The molecule has 6 heteroatoms. The molecule has 0 bridgehead atoms. The number of amides is 1. The second-order valence-electron chi connectivity index (χ2n) is 5.78. The number of aliphatic carboxylic acids is 1. The molecule has 6 nitrogen and oxygen atoms in total. The van der Waals surface area contributed by atoms with Crippen LogP contribution in [0, 0.1) is 0 Å². The molecule has 0 radical (unpaired) electrons. The average molecular weight is 281 g/mol. The fourth-order valence-corrected chi connectivity index (χ4v) is 1.73. The third kappa shape index (κ3) is 6.38. The number of carbonyl (C=O) groups excluding carboxylic acids is 1. The van der Waals surface area contributed by atoms with Gasteiger partial charge in [-0.1, -0.05) is 0 Å². The lowest BCUT2D eigenvalue weighted by Gasteiger charge is -2.20. The third-order valence-electron chi connectivity index (χ3n) is 2.73. The van der Waals surface area contributed by atoms with Gasteiger partial charge in [-0.25, -0.2) is 4.79 Å². The van der Waals surface area contributed by atoms with Crippen LogP contribution in [-0.2, 0) is 16.0 Å². The minimum absolute atomic E-state index is 0.0588. The quantitative estimate of drug-likeness (QED) is 0.597. The van der Waals surface area contributed by atoms with Gasteiger partial charge >= 0.3 is 5.97 Å². The molecule has 0 unspecified atom stereocenters. The molecule has 1 amide bonds. The number of hydrogen-bond acceptors (Lipinski definition) is 3. The summed E-state index contributed by atoms with van der Waals surface area (Å²) in [5.41, 5.74) is 0.724. The fraction of sp³-hybridized carbons (Fsp3) is 0.571. The molecule has 1 rings (SSSR count). The summed E-state index contributed by atoms with van der Waals surface area (Å²) in [5.74, 6) is -1.29. The minimum Gasteiger partial charge on any atom is -0.480 e. The average Bonchev–Trinajstić information content (AvgIpc) is 2.79. The van der Waals surface area contributed by atoms with E-state index in [-0.39, 0.29) is 24.3 Å². The van der Waals surface area contributed by atoms with E-state index in [1.807, 2.05) is 20.8 Å². The summed E-state index contributed by atoms with van der Waals surface area (Å²) in [6, 6.07) is 2.68. The van der Waals surface area contributed by atoms with Gasteiger partial charge in [0, 0.05) is 36.8 Å². The summed E-state index contributed by atoms with van der Waals surface area (Å²) in [5, 5.41) is 14.9. The van der Waals surface area contributed by atoms with Crippen LogP contribution in [0.2, 0.25) is 0 Å². The van der Waals surface area contributed by atoms with E-state index < -0.39 is 12.0 Å². The van der Waals surface area contributed by atoms with Crippen molar-refractivity contribution in [3.63, 3.8) is 0 Å². The molecule has 0 aliphatic heterocycles. The predicted octanol–water partition coefficient (Wildman–Crippen LogP) is 0.905. The largest absolute Gasteiger partial charge is 0.480 e. The Labute approximate surface area is 119 Å². The Balaban J connectivity index is 2.41. The van der Waals surface area contributed by atoms with Crippen molar-refractivity contribution < 1.29 is 14.7 Å². The Hall–Kier alpha value is -1.82. The monoisotopic (exact) mass is 281 g/mol. The molecule has 1 atom stereocenters. The van der Waals surface area contributed by atoms with Crippen LogP contribution in [0.4, 0.5) is 0 Å². The number of aromatic amines is 1. The highest BCUT2D eigenvalue weighted by Crippen LogP contribution is 2.02. The normalized spacial score (nSPS) is 12.9. The first kappa shape index (κ1) is 16.2. The lowest BCUT2D eigenvalue weighted by Crippen LogP contribution is -2.44. The zero-order valence-corrected chi connectivity index (χ0v) is 12.2. The highest BCUT2D eigenvalue weighted by Gasteiger charge is 2.20. The molecule has 1 aromatic heterocycles. The first-order valence-electron chi connectivity index (χ1n) is 6.67. The molecule has 112 valence electrons. The number of carboxylic acid groups (broad SMARTS) is 1. The van der Waals surface area contributed by atoms with Gasteiger partial charge in [0.05, 0.1) is 0 Å². The molecule has 0 spiro atoms. The molecule has 1 aromatic rings. The van der Waals surface area contributed by atoms with Crippen molar-refractivity contribution in [2.75, 3.05) is 6.54 Å². The lowest BCUT2D eigenvalue weighted by molar-refractivity contribution is -0.141. The van der Waals surface area contributed by atoms with Gasteiger partial charge in [0.1, 0.15) is 6.04 Å². The predicted molar refractivity (Wildman–Crippen MR) is 76.4 cm³/mol. The van der Waals surface area contributed by atoms with E-state index in [1.165, 1.54) is 0 Å². The molecule has 1 heterocycles. The summed E-state index contributed by atoms with van der Waals surface area (Å²) in [6.45, 7) is 6.55. The highest BCUT2D eigenvalue weighted by atomic mass is 16.4. The Kier molecular flexibility index (Phi) is 5.76. The van der Waals surface area contributed by atoms with Crippen molar-refractivity contribution in [1.82, 2.24) is 15.6 Å². The van der Waals surface area contributed by atoms with Crippen molar-refractivity contribution in [3.8, 4) is 0 Å². The molecular weight excluding hydrogens is 258 g/mol. The summed E-state index contributed by atoms with van der Waals surface area (Å²) in [7, 11) is 0. The summed E-state index contributed by atoms with van der Waals surface area (Å²) in [6.07, 6.45) is 2.23. The molecule has 0 aliphatic carbocycles.